The Balaban J connectivity index is 2.46. The first-order chi connectivity index (χ1) is 8.15. The lowest BCUT2D eigenvalue weighted by Gasteiger charge is -2.28. The first kappa shape index (κ1) is 14.5. The summed E-state index contributed by atoms with van der Waals surface area (Å²) in [4.78, 5) is 0. The molecule has 17 heavy (non-hydrogen) atoms. The number of rotatable bonds is 7. The van der Waals surface area contributed by atoms with Gasteiger partial charge in [-0.2, -0.15) is 0 Å². The van der Waals surface area contributed by atoms with Gasteiger partial charge in [-0.3, -0.25) is 0 Å². The Bertz CT molecular complexity index is 332. The van der Waals surface area contributed by atoms with E-state index in [0.717, 1.165) is 23.1 Å². The normalized spacial score (nSPS) is 14.4. The first-order valence-corrected chi connectivity index (χ1v) is 6.64. The van der Waals surface area contributed by atoms with Gasteiger partial charge in [-0.15, -0.1) is 0 Å². The maximum absolute atomic E-state index is 9.37. The van der Waals surface area contributed by atoms with E-state index in [4.69, 9.17) is 10.5 Å². The molecular formula is C13H20BrNO2. The van der Waals surface area contributed by atoms with E-state index in [2.05, 4.69) is 15.9 Å². The van der Waals surface area contributed by atoms with Crippen molar-refractivity contribution >= 4 is 15.9 Å². The maximum atomic E-state index is 9.37. The van der Waals surface area contributed by atoms with Gasteiger partial charge in [0.2, 0.25) is 0 Å². The Hall–Kier alpha value is -0.580. The van der Waals surface area contributed by atoms with Crippen LogP contribution >= 0.6 is 15.9 Å². The van der Waals surface area contributed by atoms with Crippen molar-refractivity contribution in [3.8, 4) is 5.75 Å². The Labute approximate surface area is 111 Å². The number of hydrogen-bond donors (Lipinski definition) is 2. The van der Waals surface area contributed by atoms with E-state index in [-0.39, 0.29) is 12.0 Å². The van der Waals surface area contributed by atoms with Gasteiger partial charge in [0.25, 0.3) is 0 Å². The van der Waals surface area contributed by atoms with Gasteiger partial charge in [0.05, 0.1) is 13.2 Å². The van der Waals surface area contributed by atoms with Crippen LogP contribution in [0.3, 0.4) is 0 Å². The topological polar surface area (TPSA) is 55.5 Å². The second kappa shape index (κ2) is 6.99. The van der Waals surface area contributed by atoms with E-state index in [1.54, 1.807) is 0 Å². The van der Waals surface area contributed by atoms with Crippen molar-refractivity contribution in [1.82, 2.24) is 0 Å². The van der Waals surface area contributed by atoms with Crippen LogP contribution < -0.4 is 10.5 Å². The predicted octanol–water partition coefficient (Wildman–Crippen LogP) is 2.57. The van der Waals surface area contributed by atoms with E-state index >= 15 is 0 Å². The Morgan fingerprint density at radius 2 is 2.24 bits per heavy atom. The average molecular weight is 302 g/mol. The SMILES string of the molecule is CCC(CN)(CO)CCOc1cccc(Br)c1. The summed E-state index contributed by atoms with van der Waals surface area (Å²) < 4.78 is 6.65. The molecule has 3 nitrogen and oxygen atoms in total. The fraction of sp³-hybridized carbons (Fsp3) is 0.538. The number of aliphatic hydroxyl groups excluding tert-OH is 1. The number of benzene rings is 1. The number of halogens is 1. The molecule has 0 radical (unpaired) electrons. The molecule has 1 aromatic rings. The third-order valence-electron chi connectivity index (χ3n) is 3.22. The molecule has 0 aliphatic carbocycles. The van der Waals surface area contributed by atoms with Crippen LogP contribution in [-0.2, 0) is 0 Å². The molecule has 0 fully saturated rings. The fourth-order valence-electron chi connectivity index (χ4n) is 1.62. The molecule has 1 atom stereocenters. The largest absolute Gasteiger partial charge is 0.494 e. The second-order valence-corrected chi connectivity index (χ2v) is 5.19. The molecule has 0 amide bonds. The van der Waals surface area contributed by atoms with E-state index in [1.165, 1.54) is 0 Å². The molecule has 0 aliphatic rings. The summed E-state index contributed by atoms with van der Waals surface area (Å²) in [6.07, 6.45) is 1.63. The van der Waals surface area contributed by atoms with Crippen LogP contribution in [0.5, 0.6) is 5.75 Å². The molecule has 0 bridgehead atoms. The summed E-state index contributed by atoms with van der Waals surface area (Å²) in [5.41, 5.74) is 5.51. The van der Waals surface area contributed by atoms with Crippen molar-refractivity contribution in [3.05, 3.63) is 28.7 Å². The smallest absolute Gasteiger partial charge is 0.120 e. The molecule has 0 spiro atoms. The van der Waals surface area contributed by atoms with Crippen LogP contribution in [0, 0.1) is 5.41 Å². The lowest BCUT2D eigenvalue weighted by molar-refractivity contribution is 0.0983. The molecule has 96 valence electrons. The van der Waals surface area contributed by atoms with Crippen LogP contribution in [-0.4, -0.2) is 24.9 Å². The third-order valence-corrected chi connectivity index (χ3v) is 3.71. The molecule has 0 aliphatic heterocycles. The van der Waals surface area contributed by atoms with Gasteiger partial charge in [0, 0.05) is 16.4 Å². The molecule has 1 aromatic carbocycles. The minimum atomic E-state index is -0.202. The highest BCUT2D eigenvalue weighted by molar-refractivity contribution is 9.10. The van der Waals surface area contributed by atoms with Crippen molar-refractivity contribution in [3.63, 3.8) is 0 Å². The van der Waals surface area contributed by atoms with E-state index in [9.17, 15) is 5.11 Å². The Morgan fingerprint density at radius 1 is 1.47 bits per heavy atom. The minimum Gasteiger partial charge on any atom is -0.494 e. The Morgan fingerprint density at radius 3 is 2.76 bits per heavy atom. The Kier molecular flexibility index (Phi) is 5.95. The highest BCUT2D eigenvalue weighted by Gasteiger charge is 2.25. The minimum absolute atomic E-state index is 0.113. The van der Waals surface area contributed by atoms with Gasteiger partial charge in [-0.05, 0) is 31.0 Å². The molecular weight excluding hydrogens is 282 g/mol. The number of hydrogen-bond acceptors (Lipinski definition) is 3. The van der Waals surface area contributed by atoms with Crippen molar-refractivity contribution in [2.24, 2.45) is 11.1 Å². The van der Waals surface area contributed by atoms with Crippen LogP contribution in [0.25, 0.3) is 0 Å². The van der Waals surface area contributed by atoms with E-state index in [0.29, 0.717) is 13.2 Å². The van der Waals surface area contributed by atoms with Gasteiger partial charge in [0.15, 0.2) is 0 Å². The zero-order chi connectivity index (χ0) is 12.7. The van der Waals surface area contributed by atoms with Gasteiger partial charge in [-0.25, -0.2) is 0 Å². The van der Waals surface area contributed by atoms with Crippen LogP contribution in [0.4, 0.5) is 0 Å². The van der Waals surface area contributed by atoms with E-state index < -0.39 is 0 Å². The van der Waals surface area contributed by atoms with Gasteiger partial charge in [-0.1, -0.05) is 28.9 Å². The van der Waals surface area contributed by atoms with Gasteiger partial charge < -0.3 is 15.6 Å². The van der Waals surface area contributed by atoms with Crippen molar-refractivity contribution in [2.75, 3.05) is 19.8 Å². The van der Waals surface area contributed by atoms with Crippen molar-refractivity contribution in [1.29, 1.82) is 0 Å². The zero-order valence-electron chi connectivity index (χ0n) is 10.2. The summed E-state index contributed by atoms with van der Waals surface area (Å²) >= 11 is 3.39. The highest BCUT2D eigenvalue weighted by atomic mass is 79.9. The number of nitrogens with two attached hydrogens (primary N) is 1. The molecule has 0 saturated carbocycles. The van der Waals surface area contributed by atoms with Crippen LogP contribution in [0.1, 0.15) is 19.8 Å². The maximum Gasteiger partial charge on any atom is 0.120 e. The molecule has 1 unspecified atom stereocenters. The first-order valence-electron chi connectivity index (χ1n) is 5.85. The average Bonchev–Trinajstić information content (AvgIpc) is 2.35. The van der Waals surface area contributed by atoms with E-state index in [1.807, 2.05) is 31.2 Å². The van der Waals surface area contributed by atoms with Gasteiger partial charge >= 0.3 is 0 Å². The third kappa shape index (κ3) is 4.30. The summed E-state index contributed by atoms with van der Waals surface area (Å²) in [7, 11) is 0. The quantitative estimate of drug-likeness (QED) is 0.814. The molecule has 4 heteroatoms. The molecule has 1 rings (SSSR count). The highest BCUT2D eigenvalue weighted by Crippen LogP contribution is 2.25. The molecule has 0 saturated heterocycles. The lowest BCUT2D eigenvalue weighted by Crippen LogP contribution is -2.35. The fourth-order valence-corrected chi connectivity index (χ4v) is 2.00. The van der Waals surface area contributed by atoms with Crippen molar-refractivity contribution < 1.29 is 9.84 Å². The number of aliphatic hydroxyl groups is 1. The summed E-state index contributed by atoms with van der Waals surface area (Å²) in [5.74, 6) is 0.833. The molecule has 0 aromatic heterocycles. The summed E-state index contributed by atoms with van der Waals surface area (Å²) in [6, 6.07) is 7.73. The van der Waals surface area contributed by atoms with Gasteiger partial charge in [0.1, 0.15) is 5.75 Å². The summed E-state index contributed by atoms with van der Waals surface area (Å²) in [6.45, 7) is 3.22. The monoisotopic (exact) mass is 301 g/mol. The zero-order valence-corrected chi connectivity index (χ0v) is 11.7. The van der Waals surface area contributed by atoms with Crippen molar-refractivity contribution in [2.45, 2.75) is 19.8 Å². The molecule has 3 N–H and O–H groups in total. The summed E-state index contributed by atoms with van der Waals surface area (Å²) in [5, 5.41) is 9.37. The standard InChI is InChI=1S/C13H20BrNO2/c1-2-13(9-15,10-16)6-7-17-12-5-3-4-11(14)8-12/h3-5,8,16H,2,6-7,9-10,15H2,1H3. The number of ether oxygens (including phenoxy) is 1. The predicted molar refractivity (Wildman–Crippen MR) is 73.1 cm³/mol. The second-order valence-electron chi connectivity index (χ2n) is 4.27. The van der Waals surface area contributed by atoms with Crippen LogP contribution in [0.15, 0.2) is 28.7 Å². The molecule has 0 heterocycles. The van der Waals surface area contributed by atoms with Crippen LogP contribution in [0.2, 0.25) is 0 Å². The lowest BCUT2D eigenvalue weighted by atomic mass is 9.83.